The molecule has 3 heterocycles. The summed E-state index contributed by atoms with van der Waals surface area (Å²) in [4.78, 5) is 28.5. The van der Waals surface area contributed by atoms with Crippen molar-refractivity contribution in [3.8, 4) is 0 Å². The fraction of sp³-hybridized carbons (Fsp3) is 0.867. The maximum atomic E-state index is 12.4. The highest BCUT2D eigenvalue weighted by atomic mass is 35.5. The second kappa shape index (κ2) is 8.13. The van der Waals surface area contributed by atoms with E-state index in [2.05, 4.69) is 5.32 Å². The van der Waals surface area contributed by atoms with Crippen LogP contribution in [0, 0.1) is 5.92 Å². The third-order valence-corrected chi connectivity index (χ3v) is 4.75. The van der Waals surface area contributed by atoms with Gasteiger partial charge in [-0.05, 0) is 32.2 Å². The zero-order chi connectivity index (χ0) is 14.7. The van der Waals surface area contributed by atoms with Crippen molar-refractivity contribution >= 4 is 24.2 Å². The molecule has 126 valence electrons. The van der Waals surface area contributed by atoms with Crippen LogP contribution in [-0.2, 0) is 14.3 Å². The van der Waals surface area contributed by atoms with E-state index in [1.165, 1.54) is 0 Å². The Kier molecular flexibility index (Phi) is 6.47. The SMILES string of the molecule is Cl.O=C(C1CCCO1)N1CCN(C(=O)[C@@H]2CCCNC2)CC1. The summed E-state index contributed by atoms with van der Waals surface area (Å²) in [6, 6.07) is 0. The Hall–Kier alpha value is -0.850. The zero-order valence-electron chi connectivity index (χ0n) is 13.0. The van der Waals surface area contributed by atoms with Crippen LogP contribution in [0.15, 0.2) is 0 Å². The summed E-state index contributed by atoms with van der Waals surface area (Å²) in [5.41, 5.74) is 0. The van der Waals surface area contributed by atoms with Crippen molar-refractivity contribution < 1.29 is 14.3 Å². The summed E-state index contributed by atoms with van der Waals surface area (Å²) >= 11 is 0. The van der Waals surface area contributed by atoms with E-state index in [9.17, 15) is 9.59 Å². The van der Waals surface area contributed by atoms with Gasteiger partial charge in [0.1, 0.15) is 6.10 Å². The van der Waals surface area contributed by atoms with E-state index in [-0.39, 0.29) is 36.2 Å². The standard InChI is InChI=1S/C15H25N3O3.ClH/c19-14(12-3-1-5-16-11-12)17-6-8-18(9-7-17)15(20)13-4-2-10-21-13;/h12-13,16H,1-11H2;1H/t12-,13?;/m1./s1. The Morgan fingerprint density at radius 1 is 0.955 bits per heavy atom. The predicted octanol–water partition coefficient (Wildman–Crippen LogP) is 0.258. The average Bonchev–Trinajstić information content (AvgIpc) is 3.09. The molecule has 0 saturated carbocycles. The lowest BCUT2D eigenvalue weighted by molar-refractivity contribution is -0.147. The molecule has 0 bridgehead atoms. The second-order valence-electron chi connectivity index (χ2n) is 6.20. The van der Waals surface area contributed by atoms with Gasteiger partial charge in [0, 0.05) is 39.3 Å². The van der Waals surface area contributed by atoms with Crippen LogP contribution in [0.25, 0.3) is 0 Å². The molecule has 22 heavy (non-hydrogen) atoms. The van der Waals surface area contributed by atoms with Crippen molar-refractivity contribution in [2.24, 2.45) is 5.92 Å². The Labute approximate surface area is 137 Å². The number of rotatable bonds is 2. The first-order chi connectivity index (χ1) is 10.3. The first-order valence-corrected chi connectivity index (χ1v) is 8.15. The Morgan fingerprint density at radius 2 is 1.64 bits per heavy atom. The summed E-state index contributed by atoms with van der Waals surface area (Å²) in [7, 11) is 0. The van der Waals surface area contributed by atoms with Crippen molar-refractivity contribution in [2.75, 3.05) is 45.9 Å². The third-order valence-electron chi connectivity index (χ3n) is 4.75. The van der Waals surface area contributed by atoms with Crippen LogP contribution < -0.4 is 5.32 Å². The zero-order valence-corrected chi connectivity index (χ0v) is 13.8. The van der Waals surface area contributed by atoms with Crippen LogP contribution in [0.4, 0.5) is 0 Å². The molecular formula is C15H26ClN3O3. The molecule has 2 atom stereocenters. The second-order valence-corrected chi connectivity index (χ2v) is 6.20. The highest BCUT2D eigenvalue weighted by Gasteiger charge is 2.33. The van der Waals surface area contributed by atoms with Gasteiger partial charge >= 0.3 is 0 Å². The number of nitrogens with zero attached hydrogens (tertiary/aromatic N) is 2. The van der Waals surface area contributed by atoms with Crippen molar-refractivity contribution in [3.05, 3.63) is 0 Å². The smallest absolute Gasteiger partial charge is 0.251 e. The third kappa shape index (κ3) is 3.91. The maximum absolute atomic E-state index is 12.4. The summed E-state index contributed by atoms with van der Waals surface area (Å²) in [5, 5.41) is 3.29. The van der Waals surface area contributed by atoms with Gasteiger partial charge in [-0.15, -0.1) is 12.4 Å². The van der Waals surface area contributed by atoms with Gasteiger partial charge in [0.15, 0.2) is 0 Å². The van der Waals surface area contributed by atoms with Gasteiger partial charge in [0.25, 0.3) is 5.91 Å². The van der Waals surface area contributed by atoms with Gasteiger partial charge in [-0.1, -0.05) is 0 Å². The molecule has 0 radical (unpaired) electrons. The molecule has 0 aromatic heterocycles. The van der Waals surface area contributed by atoms with E-state index in [4.69, 9.17) is 4.74 Å². The van der Waals surface area contributed by atoms with E-state index in [0.717, 1.165) is 38.8 Å². The number of piperidine rings is 1. The fourth-order valence-corrected chi connectivity index (χ4v) is 3.44. The van der Waals surface area contributed by atoms with E-state index in [0.29, 0.717) is 32.8 Å². The Bertz CT molecular complexity index is 387. The highest BCUT2D eigenvalue weighted by molar-refractivity contribution is 5.85. The van der Waals surface area contributed by atoms with E-state index >= 15 is 0 Å². The van der Waals surface area contributed by atoms with Crippen molar-refractivity contribution in [2.45, 2.75) is 31.8 Å². The summed E-state index contributed by atoms with van der Waals surface area (Å²) < 4.78 is 5.46. The normalized spacial score (nSPS) is 29.1. The number of carbonyl (C=O) groups is 2. The number of hydrogen-bond donors (Lipinski definition) is 1. The molecule has 1 unspecified atom stereocenters. The lowest BCUT2D eigenvalue weighted by Gasteiger charge is -2.37. The quantitative estimate of drug-likeness (QED) is 0.788. The van der Waals surface area contributed by atoms with Crippen LogP contribution in [0.3, 0.4) is 0 Å². The number of ether oxygens (including phenoxy) is 1. The summed E-state index contributed by atoms with van der Waals surface area (Å²) in [5.74, 6) is 0.490. The molecule has 3 rings (SSSR count). The lowest BCUT2D eigenvalue weighted by atomic mass is 9.98. The molecule has 1 N–H and O–H groups in total. The van der Waals surface area contributed by atoms with E-state index < -0.39 is 0 Å². The van der Waals surface area contributed by atoms with Crippen LogP contribution in [0.1, 0.15) is 25.7 Å². The fourth-order valence-electron chi connectivity index (χ4n) is 3.44. The first kappa shape index (κ1) is 17.5. The molecule has 3 aliphatic rings. The van der Waals surface area contributed by atoms with Crippen LogP contribution in [0.2, 0.25) is 0 Å². The summed E-state index contributed by atoms with van der Waals surface area (Å²) in [6.07, 6.45) is 3.64. The van der Waals surface area contributed by atoms with Gasteiger partial charge in [0.05, 0.1) is 5.92 Å². The molecule has 0 aliphatic carbocycles. The monoisotopic (exact) mass is 331 g/mol. The lowest BCUT2D eigenvalue weighted by Crippen LogP contribution is -2.54. The maximum Gasteiger partial charge on any atom is 0.251 e. The molecular weight excluding hydrogens is 306 g/mol. The van der Waals surface area contributed by atoms with Gasteiger partial charge in [-0.2, -0.15) is 0 Å². The van der Waals surface area contributed by atoms with Crippen LogP contribution in [0.5, 0.6) is 0 Å². The van der Waals surface area contributed by atoms with Gasteiger partial charge in [-0.3, -0.25) is 9.59 Å². The number of piperazine rings is 1. The molecule has 0 aromatic rings. The number of halogens is 1. The Balaban J connectivity index is 0.00000176. The van der Waals surface area contributed by atoms with Crippen molar-refractivity contribution in [1.29, 1.82) is 0 Å². The minimum Gasteiger partial charge on any atom is -0.368 e. The minimum absolute atomic E-state index is 0. The largest absolute Gasteiger partial charge is 0.368 e. The van der Waals surface area contributed by atoms with E-state index in [1.54, 1.807) is 0 Å². The van der Waals surface area contributed by atoms with Gasteiger partial charge < -0.3 is 19.9 Å². The molecule has 0 spiro atoms. The van der Waals surface area contributed by atoms with E-state index in [1.807, 2.05) is 9.80 Å². The average molecular weight is 332 g/mol. The molecule has 3 saturated heterocycles. The number of hydrogen-bond acceptors (Lipinski definition) is 4. The molecule has 2 amide bonds. The highest BCUT2D eigenvalue weighted by Crippen LogP contribution is 2.18. The predicted molar refractivity (Wildman–Crippen MR) is 85.0 cm³/mol. The van der Waals surface area contributed by atoms with Crippen molar-refractivity contribution in [3.63, 3.8) is 0 Å². The number of carbonyl (C=O) groups excluding carboxylic acids is 2. The van der Waals surface area contributed by atoms with Gasteiger partial charge in [-0.25, -0.2) is 0 Å². The summed E-state index contributed by atoms with van der Waals surface area (Å²) in [6.45, 7) is 5.13. The van der Waals surface area contributed by atoms with Crippen LogP contribution in [-0.4, -0.2) is 73.6 Å². The van der Waals surface area contributed by atoms with Gasteiger partial charge in [0.2, 0.25) is 5.91 Å². The number of amides is 2. The Morgan fingerprint density at radius 3 is 2.18 bits per heavy atom. The molecule has 3 aliphatic heterocycles. The van der Waals surface area contributed by atoms with Crippen LogP contribution >= 0.6 is 12.4 Å². The molecule has 3 fully saturated rings. The first-order valence-electron chi connectivity index (χ1n) is 8.15. The number of nitrogens with one attached hydrogen (secondary N) is 1. The topological polar surface area (TPSA) is 61.9 Å². The minimum atomic E-state index is -0.241. The molecule has 6 nitrogen and oxygen atoms in total. The molecule has 7 heteroatoms. The molecule has 0 aromatic carbocycles. The van der Waals surface area contributed by atoms with Crippen molar-refractivity contribution in [1.82, 2.24) is 15.1 Å².